The number of nitrogens with zero attached hydrogens (tertiary/aromatic N) is 3. The van der Waals surface area contributed by atoms with Gasteiger partial charge in [0.2, 0.25) is 11.8 Å². The van der Waals surface area contributed by atoms with Crippen LogP contribution in [0.15, 0.2) is 23.1 Å². The topological polar surface area (TPSA) is 60.9 Å². The molecular weight excluding hydrogens is 386 g/mol. The van der Waals surface area contributed by atoms with Gasteiger partial charge in [-0.3, -0.25) is 18.7 Å². The Hall–Kier alpha value is -1.73. The van der Waals surface area contributed by atoms with Crippen molar-refractivity contribution in [3.63, 3.8) is 0 Å². The lowest BCUT2D eigenvalue weighted by Crippen LogP contribution is -2.33. The van der Waals surface area contributed by atoms with Crippen LogP contribution in [0.4, 0.5) is 5.69 Å². The molecule has 0 N–H and O–H groups in total. The molecule has 2 fully saturated rings. The van der Waals surface area contributed by atoms with Crippen LogP contribution in [0.2, 0.25) is 0 Å². The van der Waals surface area contributed by atoms with E-state index in [0.717, 1.165) is 62.2 Å². The minimum atomic E-state index is -0.915. The summed E-state index contributed by atoms with van der Waals surface area (Å²) in [7, 11) is 3.17. The number of imide groups is 1. The van der Waals surface area contributed by atoms with E-state index < -0.39 is 10.8 Å². The number of unbranched alkanes of at least 4 members (excludes halogenated alkanes) is 1. The maximum absolute atomic E-state index is 12.4. The van der Waals surface area contributed by atoms with E-state index in [9.17, 15) is 13.8 Å². The highest BCUT2D eigenvalue weighted by atomic mass is 32.2. The molecule has 1 saturated carbocycles. The zero-order valence-electron chi connectivity index (χ0n) is 17.4. The van der Waals surface area contributed by atoms with Crippen LogP contribution in [-0.4, -0.2) is 65.4 Å². The molecule has 2 aliphatic heterocycles. The lowest BCUT2D eigenvalue weighted by atomic mass is 10.00. The van der Waals surface area contributed by atoms with Gasteiger partial charge in [-0.2, -0.15) is 0 Å². The standard InChI is InChI=1S/C22H31N3O3S/c1-23(13-10-16-8-9-19-20(14-16)29(28)15-24(19)2)11-3-4-12-25-21(26)17-6-5-7-18(17)22(25)27/h8-9,14,17-18H,3-7,10-13,15H2,1-2H3. The molecule has 0 aromatic heterocycles. The summed E-state index contributed by atoms with van der Waals surface area (Å²) in [6.45, 7) is 2.46. The lowest BCUT2D eigenvalue weighted by molar-refractivity contribution is -0.140. The molecule has 4 rings (SSSR count). The molecule has 3 aliphatic rings. The molecular formula is C22H31N3O3S. The number of likely N-dealkylation sites (tertiary alicyclic amines) is 1. The molecule has 0 spiro atoms. The third-order valence-corrected chi connectivity index (χ3v) is 8.07. The molecule has 6 nitrogen and oxygen atoms in total. The number of likely N-dealkylation sites (N-methyl/N-ethyl adjacent to an activating group) is 1. The first-order valence-electron chi connectivity index (χ1n) is 10.7. The van der Waals surface area contributed by atoms with E-state index in [1.807, 2.05) is 11.9 Å². The quantitative estimate of drug-likeness (QED) is 0.480. The van der Waals surface area contributed by atoms with Crippen molar-refractivity contribution in [3.05, 3.63) is 23.8 Å². The summed E-state index contributed by atoms with van der Waals surface area (Å²) < 4.78 is 12.2. The van der Waals surface area contributed by atoms with E-state index in [1.165, 1.54) is 10.5 Å². The minimum Gasteiger partial charge on any atom is -0.361 e. The van der Waals surface area contributed by atoms with Crippen LogP contribution in [0, 0.1) is 11.8 Å². The van der Waals surface area contributed by atoms with Gasteiger partial charge in [-0.15, -0.1) is 0 Å². The Kier molecular flexibility index (Phi) is 6.06. The summed E-state index contributed by atoms with van der Waals surface area (Å²) in [6, 6.07) is 6.30. The molecule has 0 radical (unpaired) electrons. The molecule has 29 heavy (non-hydrogen) atoms. The predicted octanol–water partition coefficient (Wildman–Crippen LogP) is 2.24. The van der Waals surface area contributed by atoms with Crippen LogP contribution in [-0.2, 0) is 26.8 Å². The van der Waals surface area contributed by atoms with E-state index in [0.29, 0.717) is 12.4 Å². The number of fused-ring (bicyclic) bond motifs is 2. The minimum absolute atomic E-state index is 0.0217. The number of hydrogen-bond acceptors (Lipinski definition) is 5. The van der Waals surface area contributed by atoms with Crippen molar-refractivity contribution in [1.82, 2.24) is 9.80 Å². The molecule has 3 unspecified atom stereocenters. The summed E-state index contributed by atoms with van der Waals surface area (Å²) in [5, 5.41) is 0. The second-order valence-electron chi connectivity index (χ2n) is 8.71. The average Bonchev–Trinajstić information content (AvgIpc) is 3.36. The van der Waals surface area contributed by atoms with Crippen molar-refractivity contribution in [2.45, 2.75) is 43.4 Å². The van der Waals surface area contributed by atoms with Crippen molar-refractivity contribution >= 4 is 28.3 Å². The molecule has 0 bridgehead atoms. The van der Waals surface area contributed by atoms with E-state index in [4.69, 9.17) is 0 Å². The molecule has 3 atom stereocenters. The van der Waals surface area contributed by atoms with E-state index in [1.54, 1.807) is 0 Å². The maximum Gasteiger partial charge on any atom is 0.233 e. The molecule has 2 amide bonds. The number of anilines is 1. The number of amides is 2. The van der Waals surface area contributed by atoms with Crippen molar-refractivity contribution in [1.29, 1.82) is 0 Å². The van der Waals surface area contributed by atoms with Gasteiger partial charge in [0.15, 0.2) is 0 Å². The van der Waals surface area contributed by atoms with Crippen LogP contribution in [0.1, 0.15) is 37.7 Å². The summed E-state index contributed by atoms with van der Waals surface area (Å²) in [4.78, 5) is 31.6. The Bertz CT molecular complexity index is 806. The van der Waals surface area contributed by atoms with Gasteiger partial charge < -0.3 is 9.80 Å². The van der Waals surface area contributed by atoms with Gasteiger partial charge in [-0.1, -0.05) is 12.5 Å². The second kappa shape index (κ2) is 8.56. The van der Waals surface area contributed by atoms with Gasteiger partial charge >= 0.3 is 0 Å². The molecule has 1 aromatic rings. The summed E-state index contributed by atoms with van der Waals surface area (Å²) in [5.74, 6) is 0.691. The zero-order valence-corrected chi connectivity index (χ0v) is 18.2. The number of rotatable bonds is 8. The predicted molar refractivity (Wildman–Crippen MR) is 114 cm³/mol. The Labute approximate surface area is 175 Å². The van der Waals surface area contributed by atoms with E-state index in [2.05, 4.69) is 30.1 Å². The lowest BCUT2D eigenvalue weighted by Gasteiger charge is -2.19. The summed E-state index contributed by atoms with van der Waals surface area (Å²) >= 11 is 0. The second-order valence-corrected chi connectivity index (χ2v) is 10.1. The van der Waals surface area contributed by atoms with Gasteiger partial charge in [-0.25, -0.2) is 0 Å². The Morgan fingerprint density at radius 3 is 2.55 bits per heavy atom. The van der Waals surface area contributed by atoms with Gasteiger partial charge in [0.25, 0.3) is 0 Å². The number of hydrogen-bond donors (Lipinski definition) is 0. The molecule has 1 aliphatic carbocycles. The Morgan fingerprint density at radius 1 is 1.10 bits per heavy atom. The fourth-order valence-corrected chi connectivity index (χ4v) is 6.26. The fraction of sp³-hybridized carbons (Fsp3) is 0.636. The van der Waals surface area contributed by atoms with Crippen molar-refractivity contribution in [2.75, 3.05) is 44.5 Å². The van der Waals surface area contributed by atoms with Crippen molar-refractivity contribution < 1.29 is 13.8 Å². The maximum atomic E-state index is 12.4. The van der Waals surface area contributed by atoms with Crippen LogP contribution >= 0.6 is 0 Å². The highest BCUT2D eigenvalue weighted by Crippen LogP contribution is 2.39. The summed E-state index contributed by atoms with van der Waals surface area (Å²) in [6.07, 6.45) is 5.56. The monoisotopic (exact) mass is 417 g/mol. The van der Waals surface area contributed by atoms with Crippen LogP contribution < -0.4 is 4.90 Å². The van der Waals surface area contributed by atoms with Crippen LogP contribution in [0.3, 0.4) is 0 Å². The molecule has 2 heterocycles. The zero-order chi connectivity index (χ0) is 20.5. The highest BCUT2D eigenvalue weighted by Gasteiger charge is 2.49. The Morgan fingerprint density at radius 2 is 1.83 bits per heavy atom. The van der Waals surface area contributed by atoms with Gasteiger partial charge in [0.1, 0.15) is 0 Å². The third kappa shape index (κ3) is 4.12. The smallest absolute Gasteiger partial charge is 0.233 e. The third-order valence-electron chi connectivity index (χ3n) is 6.63. The van der Waals surface area contributed by atoms with Crippen molar-refractivity contribution in [2.24, 2.45) is 11.8 Å². The highest BCUT2D eigenvalue weighted by molar-refractivity contribution is 7.85. The molecule has 1 aromatic carbocycles. The first-order valence-corrected chi connectivity index (χ1v) is 12.0. The van der Waals surface area contributed by atoms with Gasteiger partial charge in [0, 0.05) is 20.1 Å². The molecule has 7 heteroatoms. The fourth-order valence-electron chi connectivity index (χ4n) is 4.89. The van der Waals surface area contributed by atoms with E-state index in [-0.39, 0.29) is 23.7 Å². The van der Waals surface area contributed by atoms with Gasteiger partial charge in [0.05, 0.1) is 39.1 Å². The first-order chi connectivity index (χ1) is 14.0. The summed E-state index contributed by atoms with van der Waals surface area (Å²) in [5.41, 5.74) is 2.30. The number of carbonyl (C=O) groups excluding carboxylic acids is 2. The van der Waals surface area contributed by atoms with E-state index >= 15 is 0 Å². The first kappa shape index (κ1) is 20.5. The Balaban J connectivity index is 1.18. The van der Waals surface area contributed by atoms with Crippen LogP contribution in [0.5, 0.6) is 0 Å². The largest absolute Gasteiger partial charge is 0.361 e. The van der Waals surface area contributed by atoms with Gasteiger partial charge in [-0.05, 0) is 63.4 Å². The SMILES string of the molecule is CN(CCCCN1C(=O)C2CCCC2C1=O)CCc1ccc2c(c1)S(=O)CN2C. The normalized spacial score (nSPS) is 26.0. The number of carbonyl (C=O) groups is 2. The average molecular weight is 418 g/mol. The molecule has 158 valence electrons. The molecule has 1 saturated heterocycles. The van der Waals surface area contributed by atoms with Crippen molar-refractivity contribution in [3.8, 4) is 0 Å². The van der Waals surface area contributed by atoms with Crippen LogP contribution in [0.25, 0.3) is 0 Å². The number of benzene rings is 1.